The van der Waals surface area contributed by atoms with Crippen LogP contribution in [0.1, 0.15) is 35.2 Å². The fourth-order valence-electron chi connectivity index (χ4n) is 2.37. The summed E-state index contributed by atoms with van der Waals surface area (Å²) in [7, 11) is 1.96. The third kappa shape index (κ3) is 3.86. The highest BCUT2D eigenvalue weighted by atomic mass is 79.9. The van der Waals surface area contributed by atoms with E-state index in [1.54, 1.807) is 0 Å². The smallest absolute Gasteiger partial charge is 0.125 e. The van der Waals surface area contributed by atoms with Crippen molar-refractivity contribution in [3.63, 3.8) is 0 Å². The van der Waals surface area contributed by atoms with E-state index in [1.807, 2.05) is 13.1 Å². The molecule has 112 valence electrons. The predicted octanol–water partition coefficient (Wildman–Crippen LogP) is 4.93. The Balaban J connectivity index is 2.25. The van der Waals surface area contributed by atoms with Gasteiger partial charge in [-0.15, -0.1) is 0 Å². The summed E-state index contributed by atoms with van der Waals surface area (Å²) < 4.78 is 7.15. The molecule has 3 heteroatoms. The van der Waals surface area contributed by atoms with Gasteiger partial charge >= 0.3 is 0 Å². The minimum Gasteiger partial charge on any atom is -0.489 e. The fourth-order valence-corrected chi connectivity index (χ4v) is 2.71. The van der Waals surface area contributed by atoms with Crippen molar-refractivity contribution >= 4 is 15.9 Å². The lowest BCUT2D eigenvalue weighted by atomic mass is 10.0. The first-order valence-corrected chi connectivity index (χ1v) is 7.97. The van der Waals surface area contributed by atoms with E-state index in [0.29, 0.717) is 6.61 Å². The molecule has 0 aromatic heterocycles. The summed E-state index contributed by atoms with van der Waals surface area (Å²) in [6, 6.07) is 12.8. The Morgan fingerprint density at radius 2 is 1.81 bits per heavy atom. The summed E-state index contributed by atoms with van der Waals surface area (Å²) in [6.07, 6.45) is 0. The normalized spacial score (nSPS) is 12.2. The van der Waals surface area contributed by atoms with Gasteiger partial charge in [0.15, 0.2) is 0 Å². The van der Waals surface area contributed by atoms with Crippen LogP contribution in [0.15, 0.2) is 40.9 Å². The lowest BCUT2D eigenvalue weighted by Crippen LogP contribution is -2.14. The third-order valence-corrected chi connectivity index (χ3v) is 4.38. The number of ether oxygens (including phenoxy) is 1. The summed E-state index contributed by atoms with van der Waals surface area (Å²) in [6.45, 7) is 6.99. The number of benzene rings is 2. The van der Waals surface area contributed by atoms with E-state index in [0.717, 1.165) is 10.2 Å². The molecule has 1 atom stereocenters. The van der Waals surface area contributed by atoms with Gasteiger partial charge in [0.25, 0.3) is 0 Å². The largest absolute Gasteiger partial charge is 0.489 e. The van der Waals surface area contributed by atoms with Gasteiger partial charge in [0.2, 0.25) is 0 Å². The van der Waals surface area contributed by atoms with Crippen molar-refractivity contribution in [3.05, 3.63) is 63.1 Å². The first-order chi connectivity index (χ1) is 10.0. The third-order valence-electron chi connectivity index (χ3n) is 3.89. The van der Waals surface area contributed by atoms with Crippen molar-refractivity contribution in [2.45, 2.75) is 33.4 Å². The Bertz CT molecular complexity index is 604. The maximum atomic E-state index is 6.12. The minimum absolute atomic E-state index is 0.256. The molecule has 0 saturated carbocycles. The van der Waals surface area contributed by atoms with Gasteiger partial charge < -0.3 is 10.1 Å². The van der Waals surface area contributed by atoms with Crippen molar-refractivity contribution in [1.82, 2.24) is 5.32 Å². The van der Waals surface area contributed by atoms with E-state index in [1.165, 1.54) is 22.3 Å². The molecule has 0 radical (unpaired) electrons. The molecule has 0 heterocycles. The Labute approximate surface area is 135 Å². The average molecular weight is 348 g/mol. The Morgan fingerprint density at radius 1 is 1.14 bits per heavy atom. The summed E-state index contributed by atoms with van der Waals surface area (Å²) in [5.41, 5.74) is 4.98. The maximum Gasteiger partial charge on any atom is 0.125 e. The zero-order chi connectivity index (χ0) is 15.4. The van der Waals surface area contributed by atoms with Crippen LogP contribution in [0.5, 0.6) is 5.75 Å². The van der Waals surface area contributed by atoms with Crippen LogP contribution >= 0.6 is 15.9 Å². The predicted molar refractivity (Wildman–Crippen MR) is 91.9 cm³/mol. The van der Waals surface area contributed by atoms with E-state index >= 15 is 0 Å². The summed E-state index contributed by atoms with van der Waals surface area (Å²) in [5, 5.41) is 3.27. The molecule has 0 fully saturated rings. The van der Waals surface area contributed by atoms with E-state index in [9.17, 15) is 0 Å². The van der Waals surface area contributed by atoms with Gasteiger partial charge in [0, 0.05) is 16.1 Å². The highest BCUT2D eigenvalue weighted by Crippen LogP contribution is 2.29. The molecule has 21 heavy (non-hydrogen) atoms. The Morgan fingerprint density at radius 3 is 2.43 bits per heavy atom. The lowest BCUT2D eigenvalue weighted by molar-refractivity contribution is 0.298. The van der Waals surface area contributed by atoms with Gasteiger partial charge in [-0.2, -0.15) is 0 Å². The van der Waals surface area contributed by atoms with E-state index in [4.69, 9.17) is 4.74 Å². The molecule has 0 amide bonds. The van der Waals surface area contributed by atoms with Crippen molar-refractivity contribution < 1.29 is 4.74 Å². The zero-order valence-electron chi connectivity index (χ0n) is 13.0. The van der Waals surface area contributed by atoms with Crippen molar-refractivity contribution in [3.8, 4) is 5.75 Å². The van der Waals surface area contributed by atoms with E-state index in [2.05, 4.69) is 72.3 Å². The van der Waals surface area contributed by atoms with Crippen LogP contribution in [-0.4, -0.2) is 7.05 Å². The van der Waals surface area contributed by atoms with Crippen LogP contribution in [-0.2, 0) is 6.61 Å². The topological polar surface area (TPSA) is 21.3 Å². The van der Waals surface area contributed by atoms with E-state index in [-0.39, 0.29) is 6.04 Å². The number of nitrogens with one attached hydrogen (secondary N) is 1. The first kappa shape index (κ1) is 16.1. The minimum atomic E-state index is 0.256. The van der Waals surface area contributed by atoms with Crippen LogP contribution in [0, 0.1) is 13.8 Å². The average Bonchev–Trinajstić information content (AvgIpc) is 2.46. The van der Waals surface area contributed by atoms with Crippen molar-refractivity contribution in [2.75, 3.05) is 7.05 Å². The number of aryl methyl sites for hydroxylation is 2. The SMILES string of the molecule is CNC(C)c1ccc(Br)cc1OCc1c(C)cccc1C. The van der Waals surface area contributed by atoms with Crippen LogP contribution < -0.4 is 10.1 Å². The van der Waals surface area contributed by atoms with Crippen molar-refractivity contribution in [2.24, 2.45) is 0 Å². The van der Waals surface area contributed by atoms with Gasteiger partial charge in [0.05, 0.1) is 0 Å². The number of halogens is 1. The molecule has 0 bridgehead atoms. The Kier molecular flexibility index (Phi) is 5.43. The number of hydrogen-bond donors (Lipinski definition) is 1. The highest BCUT2D eigenvalue weighted by molar-refractivity contribution is 9.10. The van der Waals surface area contributed by atoms with Gasteiger partial charge in [-0.1, -0.05) is 40.2 Å². The van der Waals surface area contributed by atoms with Gasteiger partial charge in [-0.3, -0.25) is 0 Å². The molecule has 2 nitrogen and oxygen atoms in total. The lowest BCUT2D eigenvalue weighted by Gasteiger charge is -2.18. The maximum absolute atomic E-state index is 6.12. The molecule has 2 aromatic carbocycles. The molecule has 2 rings (SSSR count). The molecule has 1 N–H and O–H groups in total. The summed E-state index contributed by atoms with van der Waals surface area (Å²) in [4.78, 5) is 0. The van der Waals surface area contributed by atoms with Crippen LogP contribution in [0.3, 0.4) is 0 Å². The molecule has 0 spiro atoms. The van der Waals surface area contributed by atoms with Gasteiger partial charge in [-0.25, -0.2) is 0 Å². The van der Waals surface area contributed by atoms with Crippen molar-refractivity contribution in [1.29, 1.82) is 0 Å². The summed E-state index contributed by atoms with van der Waals surface area (Å²) >= 11 is 3.52. The molecule has 2 aromatic rings. The number of rotatable bonds is 5. The quantitative estimate of drug-likeness (QED) is 0.828. The van der Waals surface area contributed by atoms with Crippen LogP contribution in [0.25, 0.3) is 0 Å². The Hall–Kier alpha value is -1.32. The molecular weight excluding hydrogens is 326 g/mol. The second kappa shape index (κ2) is 7.10. The zero-order valence-corrected chi connectivity index (χ0v) is 14.6. The van der Waals surface area contributed by atoms with Crippen LogP contribution in [0.2, 0.25) is 0 Å². The van der Waals surface area contributed by atoms with Crippen LogP contribution in [0.4, 0.5) is 0 Å². The second-order valence-electron chi connectivity index (χ2n) is 5.35. The monoisotopic (exact) mass is 347 g/mol. The molecule has 0 saturated heterocycles. The molecular formula is C18H22BrNO. The first-order valence-electron chi connectivity index (χ1n) is 7.17. The standard InChI is InChI=1S/C18H22BrNO/c1-12-6-5-7-13(2)17(12)11-21-18-10-15(19)8-9-16(18)14(3)20-4/h5-10,14,20H,11H2,1-4H3. The van der Waals surface area contributed by atoms with E-state index < -0.39 is 0 Å². The molecule has 0 aliphatic rings. The fraction of sp³-hybridized carbons (Fsp3) is 0.333. The molecule has 1 unspecified atom stereocenters. The second-order valence-corrected chi connectivity index (χ2v) is 6.27. The molecule has 0 aliphatic heterocycles. The van der Waals surface area contributed by atoms with Gasteiger partial charge in [-0.05, 0) is 56.6 Å². The van der Waals surface area contributed by atoms with Gasteiger partial charge in [0.1, 0.15) is 12.4 Å². The highest BCUT2D eigenvalue weighted by Gasteiger charge is 2.12. The molecule has 0 aliphatic carbocycles. The summed E-state index contributed by atoms with van der Waals surface area (Å²) in [5.74, 6) is 0.925. The number of hydrogen-bond acceptors (Lipinski definition) is 2.